The van der Waals surface area contributed by atoms with Crippen molar-refractivity contribution in [2.75, 3.05) is 19.7 Å². The van der Waals surface area contributed by atoms with Crippen molar-refractivity contribution in [3.8, 4) is 5.75 Å². The minimum atomic E-state index is 0.142. The second-order valence-corrected chi connectivity index (χ2v) is 6.60. The molecule has 0 unspecified atom stereocenters. The Hall–Kier alpha value is -1.02. The van der Waals surface area contributed by atoms with E-state index in [9.17, 15) is 0 Å². The first kappa shape index (κ1) is 14.4. The van der Waals surface area contributed by atoms with Crippen LogP contribution in [-0.4, -0.2) is 19.7 Å². The van der Waals surface area contributed by atoms with Crippen LogP contribution < -0.4 is 10.1 Å². The van der Waals surface area contributed by atoms with Gasteiger partial charge in [0.25, 0.3) is 0 Å². The number of benzene rings is 1. The van der Waals surface area contributed by atoms with Crippen molar-refractivity contribution in [3.05, 3.63) is 29.8 Å². The number of ether oxygens (including phenoxy) is 1. The van der Waals surface area contributed by atoms with Crippen LogP contribution in [0.3, 0.4) is 0 Å². The second kappa shape index (κ2) is 6.42. The van der Waals surface area contributed by atoms with Gasteiger partial charge in [0.15, 0.2) is 0 Å². The van der Waals surface area contributed by atoms with Gasteiger partial charge >= 0.3 is 0 Å². The van der Waals surface area contributed by atoms with Crippen molar-refractivity contribution in [1.29, 1.82) is 0 Å². The molecule has 0 bridgehead atoms. The predicted octanol–water partition coefficient (Wildman–Crippen LogP) is 3.75. The van der Waals surface area contributed by atoms with Crippen LogP contribution in [0.5, 0.6) is 5.75 Å². The zero-order valence-electron chi connectivity index (χ0n) is 12.5. The average Bonchev–Trinajstić information content (AvgIpc) is 2.39. The lowest BCUT2D eigenvalue weighted by Gasteiger charge is -2.25. The molecule has 1 fully saturated rings. The van der Waals surface area contributed by atoms with E-state index in [-0.39, 0.29) is 5.41 Å². The minimum Gasteiger partial charge on any atom is -0.493 e. The van der Waals surface area contributed by atoms with Crippen LogP contribution in [0.4, 0.5) is 0 Å². The largest absolute Gasteiger partial charge is 0.493 e. The number of hydrogen-bond acceptors (Lipinski definition) is 2. The molecule has 1 aliphatic heterocycles. The third-order valence-electron chi connectivity index (χ3n) is 3.88. The fraction of sp³-hybridized carbons (Fsp3) is 0.647. The van der Waals surface area contributed by atoms with E-state index in [4.69, 9.17) is 4.74 Å². The monoisotopic (exact) mass is 261 g/mol. The quantitative estimate of drug-likeness (QED) is 0.891. The standard InChI is InChI=1S/C17H27NO/c1-17(2,3)15-8-4-5-9-16(15)19-12-10-14-7-6-11-18-13-14/h4-5,8-9,14,18H,6-7,10-13H2,1-3H3/t14-/m0/s1. The van der Waals surface area contributed by atoms with Crippen molar-refractivity contribution in [2.24, 2.45) is 5.92 Å². The van der Waals surface area contributed by atoms with Crippen LogP contribution in [0.2, 0.25) is 0 Å². The summed E-state index contributed by atoms with van der Waals surface area (Å²) in [4.78, 5) is 0. The van der Waals surface area contributed by atoms with E-state index in [2.05, 4.69) is 50.4 Å². The van der Waals surface area contributed by atoms with E-state index in [1.165, 1.54) is 24.9 Å². The zero-order valence-corrected chi connectivity index (χ0v) is 12.5. The van der Waals surface area contributed by atoms with Crippen molar-refractivity contribution in [2.45, 2.75) is 45.4 Å². The van der Waals surface area contributed by atoms with E-state index < -0.39 is 0 Å². The Morgan fingerprint density at radius 1 is 1.26 bits per heavy atom. The van der Waals surface area contributed by atoms with E-state index >= 15 is 0 Å². The van der Waals surface area contributed by atoms with Crippen molar-refractivity contribution in [3.63, 3.8) is 0 Å². The molecule has 2 nitrogen and oxygen atoms in total. The molecule has 1 aromatic rings. The summed E-state index contributed by atoms with van der Waals surface area (Å²) in [5.41, 5.74) is 1.44. The van der Waals surface area contributed by atoms with Crippen LogP contribution >= 0.6 is 0 Å². The normalized spacial score (nSPS) is 20.3. The molecule has 1 heterocycles. The van der Waals surface area contributed by atoms with E-state index in [1.54, 1.807) is 0 Å². The first-order chi connectivity index (χ1) is 9.07. The maximum absolute atomic E-state index is 6.04. The third-order valence-corrected chi connectivity index (χ3v) is 3.88. The van der Waals surface area contributed by atoms with Gasteiger partial charge in [0.2, 0.25) is 0 Å². The SMILES string of the molecule is CC(C)(C)c1ccccc1OCC[C@@H]1CCCNC1. The van der Waals surface area contributed by atoms with Gasteiger partial charge in [0.05, 0.1) is 6.61 Å². The van der Waals surface area contributed by atoms with Gasteiger partial charge in [0.1, 0.15) is 5.75 Å². The molecule has 1 saturated heterocycles. The Balaban J connectivity index is 1.88. The third kappa shape index (κ3) is 4.24. The smallest absolute Gasteiger partial charge is 0.123 e. The highest BCUT2D eigenvalue weighted by Gasteiger charge is 2.19. The van der Waals surface area contributed by atoms with Crippen LogP contribution in [0, 0.1) is 5.92 Å². The Bertz CT molecular complexity index is 388. The Morgan fingerprint density at radius 3 is 2.74 bits per heavy atom. The van der Waals surface area contributed by atoms with Crippen LogP contribution in [-0.2, 0) is 5.41 Å². The molecule has 2 heteroatoms. The fourth-order valence-electron chi connectivity index (χ4n) is 2.72. The molecule has 2 rings (SSSR count). The molecule has 106 valence electrons. The summed E-state index contributed by atoms with van der Waals surface area (Å²) in [7, 11) is 0. The summed E-state index contributed by atoms with van der Waals surface area (Å²) in [5, 5.41) is 3.46. The summed E-state index contributed by atoms with van der Waals surface area (Å²) in [6, 6.07) is 8.43. The van der Waals surface area contributed by atoms with Crippen molar-refractivity contribution >= 4 is 0 Å². The van der Waals surface area contributed by atoms with E-state index in [0.717, 1.165) is 31.2 Å². The molecular weight excluding hydrogens is 234 g/mol. The molecule has 0 spiro atoms. The Morgan fingerprint density at radius 2 is 2.05 bits per heavy atom. The molecule has 0 aliphatic carbocycles. The van der Waals surface area contributed by atoms with E-state index in [0.29, 0.717) is 0 Å². The lowest BCUT2D eigenvalue weighted by molar-refractivity contribution is 0.250. The molecular formula is C17H27NO. The highest BCUT2D eigenvalue weighted by molar-refractivity contribution is 5.38. The average molecular weight is 261 g/mol. The summed E-state index contributed by atoms with van der Waals surface area (Å²) < 4.78 is 6.04. The lowest BCUT2D eigenvalue weighted by Crippen LogP contribution is -2.30. The van der Waals surface area contributed by atoms with Gasteiger partial charge in [0, 0.05) is 0 Å². The molecule has 1 aliphatic rings. The Kier molecular flexibility index (Phi) is 4.87. The Labute approximate surface area is 117 Å². The molecule has 0 saturated carbocycles. The minimum absolute atomic E-state index is 0.142. The molecule has 0 radical (unpaired) electrons. The van der Waals surface area contributed by atoms with Crippen LogP contribution in [0.25, 0.3) is 0 Å². The molecule has 1 N–H and O–H groups in total. The topological polar surface area (TPSA) is 21.3 Å². The summed E-state index contributed by atoms with van der Waals surface area (Å²) in [6.45, 7) is 9.88. The second-order valence-electron chi connectivity index (χ2n) is 6.60. The predicted molar refractivity (Wildman–Crippen MR) is 80.8 cm³/mol. The first-order valence-corrected chi connectivity index (χ1v) is 7.50. The fourth-order valence-corrected chi connectivity index (χ4v) is 2.72. The highest BCUT2D eigenvalue weighted by atomic mass is 16.5. The van der Waals surface area contributed by atoms with Gasteiger partial charge in [-0.3, -0.25) is 0 Å². The zero-order chi connectivity index (χ0) is 13.7. The maximum Gasteiger partial charge on any atom is 0.123 e. The number of hydrogen-bond donors (Lipinski definition) is 1. The van der Waals surface area contributed by atoms with Crippen LogP contribution in [0.1, 0.15) is 45.6 Å². The van der Waals surface area contributed by atoms with Crippen molar-refractivity contribution in [1.82, 2.24) is 5.32 Å². The van der Waals surface area contributed by atoms with Gasteiger partial charge < -0.3 is 10.1 Å². The number of para-hydroxylation sites is 1. The number of piperidine rings is 1. The van der Waals surface area contributed by atoms with Gasteiger partial charge in [-0.15, -0.1) is 0 Å². The van der Waals surface area contributed by atoms with Gasteiger partial charge in [-0.2, -0.15) is 0 Å². The first-order valence-electron chi connectivity index (χ1n) is 7.50. The molecule has 1 aromatic carbocycles. The number of nitrogens with one attached hydrogen (secondary N) is 1. The van der Waals surface area contributed by atoms with Gasteiger partial charge in [-0.25, -0.2) is 0 Å². The summed E-state index contributed by atoms with van der Waals surface area (Å²) >= 11 is 0. The molecule has 0 aromatic heterocycles. The summed E-state index contributed by atoms with van der Waals surface area (Å²) in [6.07, 6.45) is 3.81. The lowest BCUT2D eigenvalue weighted by atomic mass is 9.86. The molecule has 1 atom stereocenters. The van der Waals surface area contributed by atoms with Gasteiger partial charge in [-0.05, 0) is 55.3 Å². The maximum atomic E-state index is 6.04. The number of rotatable bonds is 4. The molecule has 19 heavy (non-hydrogen) atoms. The van der Waals surface area contributed by atoms with Gasteiger partial charge in [-0.1, -0.05) is 39.0 Å². The molecule has 0 amide bonds. The van der Waals surface area contributed by atoms with Crippen molar-refractivity contribution < 1.29 is 4.74 Å². The van der Waals surface area contributed by atoms with Crippen LogP contribution in [0.15, 0.2) is 24.3 Å². The summed E-state index contributed by atoms with van der Waals surface area (Å²) in [5.74, 6) is 1.84. The highest BCUT2D eigenvalue weighted by Crippen LogP contribution is 2.31. The van der Waals surface area contributed by atoms with E-state index in [1.807, 2.05) is 0 Å².